The zero-order valence-electron chi connectivity index (χ0n) is 19.7. The summed E-state index contributed by atoms with van der Waals surface area (Å²) in [7, 11) is 1.65. The van der Waals surface area contributed by atoms with Gasteiger partial charge >= 0.3 is 0 Å². The van der Waals surface area contributed by atoms with Crippen molar-refractivity contribution in [2.75, 3.05) is 33.3 Å². The van der Waals surface area contributed by atoms with E-state index in [4.69, 9.17) is 4.74 Å². The molecule has 0 N–H and O–H groups in total. The van der Waals surface area contributed by atoms with Gasteiger partial charge in [0.15, 0.2) is 0 Å². The van der Waals surface area contributed by atoms with Crippen LogP contribution in [0.4, 0.5) is 0 Å². The van der Waals surface area contributed by atoms with Gasteiger partial charge in [-0.2, -0.15) is 0 Å². The van der Waals surface area contributed by atoms with Gasteiger partial charge in [0.2, 0.25) is 5.91 Å². The Balaban J connectivity index is 1.67. The average molecular weight is 446 g/mol. The Morgan fingerprint density at radius 2 is 1.48 bits per heavy atom. The van der Waals surface area contributed by atoms with Crippen LogP contribution in [0, 0.1) is 12.8 Å². The predicted molar refractivity (Wildman–Crippen MR) is 130 cm³/mol. The highest BCUT2D eigenvalue weighted by Gasteiger charge is 2.28. The zero-order valence-corrected chi connectivity index (χ0v) is 19.7. The smallest absolute Gasteiger partial charge is 0.255 e. The summed E-state index contributed by atoms with van der Waals surface area (Å²) in [6, 6.07) is 19.9. The molecule has 1 aromatic heterocycles. The lowest BCUT2D eigenvalue weighted by Crippen LogP contribution is -2.51. The van der Waals surface area contributed by atoms with E-state index in [0.717, 1.165) is 28.4 Å². The van der Waals surface area contributed by atoms with Gasteiger partial charge in [-0.15, -0.1) is 0 Å². The lowest BCUT2D eigenvalue weighted by atomic mass is 10.1. The molecular weight excluding hydrogens is 414 g/mol. The number of ether oxygens (including phenoxy) is 1. The SMILES string of the molecule is COc1ccc(-c2cc(C(=O)N3CCN(C(=O)C(C)C)CC3)c(C)n2-c2ccccc2)cc1. The molecule has 1 aliphatic heterocycles. The van der Waals surface area contributed by atoms with Crippen molar-refractivity contribution in [3.63, 3.8) is 0 Å². The Bertz CT molecular complexity index is 1130. The first kappa shape index (κ1) is 22.6. The highest BCUT2D eigenvalue weighted by Crippen LogP contribution is 2.31. The van der Waals surface area contributed by atoms with E-state index >= 15 is 0 Å². The normalized spacial score (nSPS) is 14.0. The lowest BCUT2D eigenvalue weighted by molar-refractivity contribution is -0.135. The van der Waals surface area contributed by atoms with Gasteiger partial charge < -0.3 is 19.1 Å². The molecule has 6 heteroatoms. The van der Waals surface area contributed by atoms with Crippen molar-refractivity contribution in [1.29, 1.82) is 0 Å². The summed E-state index contributed by atoms with van der Waals surface area (Å²) < 4.78 is 7.44. The van der Waals surface area contributed by atoms with Crippen molar-refractivity contribution in [2.24, 2.45) is 5.92 Å². The molecule has 1 fully saturated rings. The van der Waals surface area contributed by atoms with E-state index in [1.54, 1.807) is 7.11 Å². The van der Waals surface area contributed by atoms with Gasteiger partial charge in [-0.1, -0.05) is 32.0 Å². The molecule has 6 nitrogen and oxygen atoms in total. The van der Waals surface area contributed by atoms with Crippen LogP contribution in [0.15, 0.2) is 60.7 Å². The van der Waals surface area contributed by atoms with Crippen LogP contribution in [-0.4, -0.2) is 59.5 Å². The van der Waals surface area contributed by atoms with E-state index in [1.165, 1.54) is 0 Å². The molecule has 2 amide bonds. The predicted octanol–water partition coefficient (Wildman–Crippen LogP) is 4.40. The fourth-order valence-corrected chi connectivity index (χ4v) is 4.37. The second-order valence-corrected chi connectivity index (χ2v) is 8.70. The number of carbonyl (C=O) groups is 2. The Labute approximate surface area is 195 Å². The number of benzene rings is 2. The molecule has 172 valence electrons. The van der Waals surface area contributed by atoms with Gasteiger partial charge in [-0.25, -0.2) is 0 Å². The fraction of sp³-hybridized carbons (Fsp3) is 0.333. The van der Waals surface area contributed by atoms with Crippen LogP contribution in [0.1, 0.15) is 29.9 Å². The molecule has 0 aliphatic carbocycles. The molecule has 0 radical (unpaired) electrons. The minimum atomic E-state index is -0.0264. The highest BCUT2D eigenvalue weighted by atomic mass is 16.5. The molecule has 33 heavy (non-hydrogen) atoms. The molecular formula is C27H31N3O3. The van der Waals surface area contributed by atoms with E-state index in [0.29, 0.717) is 31.7 Å². The minimum Gasteiger partial charge on any atom is -0.497 e. The van der Waals surface area contributed by atoms with E-state index in [9.17, 15) is 9.59 Å². The molecule has 1 aliphatic rings. The van der Waals surface area contributed by atoms with Crippen molar-refractivity contribution in [1.82, 2.24) is 14.4 Å². The number of rotatable bonds is 5. The number of amides is 2. The first-order valence-electron chi connectivity index (χ1n) is 11.4. The number of para-hydroxylation sites is 1. The average Bonchev–Trinajstić information content (AvgIpc) is 3.20. The summed E-state index contributed by atoms with van der Waals surface area (Å²) >= 11 is 0. The van der Waals surface area contributed by atoms with Crippen LogP contribution in [0.25, 0.3) is 16.9 Å². The summed E-state index contributed by atoms with van der Waals surface area (Å²) in [4.78, 5) is 29.6. The Morgan fingerprint density at radius 1 is 0.879 bits per heavy atom. The summed E-state index contributed by atoms with van der Waals surface area (Å²) in [6.07, 6.45) is 0. The number of carbonyl (C=O) groups excluding carboxylic acids is 2. The van der Waals surface area contributed by atoms with Gasteiger partial charge in [0.1, 0.15) is 5.75 Å². The molecule has 2 heterocycles. The van der Waals surface area contributed by atoms with E-state index in [-0.39, 0.29) is 17.7 Å². The standard InChI is InChI=1S/C27H31N3O3/c1-19(2)26(31)28-14-16-29(17-15-28)27(32)24-18-25(21-10-12-23(33-4)13-11-21)30(20(24)3)22-8-6-5-7-9-22/h5-13,18-19H,14-17H2,1-4H3. The maximum absolute atomic E-state index is 13.5. The Hall–Kier alpha value is -3.54. The number of hydrogen-bond acceptors (Lipinski definition) is 3. The summed E-state index contributed by atoms with van der Waals surface area (Å²) in [5.41, 5.74) is 4.56. The third kappa shape index (κ3) is 4.51. The summed E-state index contributed by atoms with van der Waals surface area (Å²) in [5.74, 6) is 0.920. The Morgan fingerprint density at radius 3 is 2.06 bits per heavy atom. The van der Waals surface area contributed by atoms with Gasteiger partial charge in [-0.3, -0.25) is 9.59 Å². The molecule has 0 bridgehead atoms. The molecule has 3 aromatic rings. The van der Waals surface area contributed by atoms with E-state index in [1.807, 2.05) is 91.2 Å². The second kappa shape index (κ2) is 9.53. The maximum Gasteiger partial charge on any atom is 0.255 e. The number of piperazine rings is 1. The first-order valence-corrected chi connectivity index (χ1v) is 11.4. The van der Waals surface area contributed by atoms with Gasteiger partial charge in [0.05, 0.1) is 18.4 Å². The van der Waals surface area contributed by atoms with Crippen LogP contribution in [0.2, 0.25) is 0 Å². The van der Waals surface area contributed by atoms with E-state index < -0.39 is 0 Å². The van der Waals surface area contributed by atoms with Crippen LogP contribution in [-0.2, 0) is 4.79 Å². The number of aromatic nitrogens is 1. The number of nitrogens with zero attached hydrogens (tertiary/aromatic N) is 3. The summed E-state index contributed by atoms with van der Waals surface area (Å²) in [5, 5.41) is 0. The van der Waals surface area contributed by atoms with Crippen molar-refractivity contribution in [2.45, 2.75) is 20.8 Å². The molecule has 0 atom stereocenters. The summed E-state index contributed by atoms with van der Waals surface area (Å²) in [6.45, 7) is 8.06. The third-order valence-corrected chi connectivity index (χ3v) is 6.25. The van der Waals surface area contributed by atoms with Gasteiger partial charge in [0.25, 0.3) is 5.91 Å². The number of hydrogen-bond donors (Lipinski definition) is 0. The molecule has 0 spiro atoms. The topological polar surface area (TPSA) is 54.8 Å². The number of methoxy groups -OCH3 is 1. The molecule has 2 aromatic carbocycles. The maximum atomic E-state index is 13.5. The molecule has 0 unspecified atom stereocenters. The van der Waals surface area contributed by atoms with Gasteiger partial charge in [-0.05, 0) is 55.0 Å². The Kier molecular flexibility index (Phi) is 6.54. The molecule has 1 saturated heterocycles. The fourth-order valence-electron chi connectivity index (χ4n) is 4.37. The zero-order chi connectivity index (χ0) is 23.5. The van der Waals surface area contributed by atoms with Crippen LogP contribution in [0.5, 0.6) is 5.75 Å². The van der Waals surface area contributed by atoms with Crippen LogP contribution >= 0.6 is 0 Å². The first-order chi connectivity index (χ1) is 15.9. The monoisotopic (exact) mass is 445 g/mol. The van der Waals surface area contributed by atoms with Crippen molar-refractivity contribution in [3.8, 4) is 22.7 Å². The highest BCUT2D eigenvalue weighted by molar-refractivity contribution is 5.97. The van der Waals surface area contributed by atoms with Crippen LogP contribution in [0.3, 0.4) is 0 Å². The molecule has 0 saturated carbocycles. The quantitative estimate of drug-likeness (QED) is 0.585. The molecule has 4 rings (SSSR count). The van der Waals surface area contributed by atoms with Crippen LogP contribution < -0.4 is 4.74 Å². The van der Waals surface area contributed by atoms with Crippen molar-refractivity contribution >= 4 is 11.8 Å². The van der Waals surface area contributed by atoms with Gasteiger partial charge in [0, 0.05) is 43.5 Å². The second-order valence-electron chi connectivity index (χ2n) is 8.70. The third-order valence-electron chi connectivity index (χ3n) is 6.25. The minimum absolute atomic E-state index is 0.00795. The van der Waals surface area contributed by atoms with Crippen molar-refractivity contribution < 1.29 is 14.3 Å². The lowest BCUT2D eigenvalue weighted by Gasteiger charge is -2.35. The van der Waals surface area contributed by atoms with Crippen molar-refractivity contribution in [3.05, 3.63) is 71.9 Å². The largest absolute Gasteiger partial charge is 0.497 e. The van der Waals surface area contributed by atoms with E-state index in [2.05, 4.69) is 4.57 Å².